The normalized spacial score (nSPS) is 15.3. The van der Waals surface area contributed by atoms with E-state index in [4.69, 9.17) is 23.7 Å². The first kappa shape index (κ1) is 21.6. The number of anilines is 1. The molecule has 9 heteroatoms. The SMILES string of the molecule is COc1cc(C(=O)NCC(=O)Nc2ccc3c(c2)OC2(CCCC2)O3)cc(OC)c1OC. The number of fused-ring (bicyclic) bond motifs is 1. The van der Waals surface area contributed by atoms with Gasteiger partial charge in [0.1, 0.15) is 0 Å². The first-order valence-electron chi connectivity index (χ1n) is 10.4. The van der Waals surface area contributed by atoms with Crippen molar-refractivity contribution in [2.45, 2.75) is 31.5 Å². The molecule has 9 nitrogen and oxygen atoms in total. The van der Waals surface area contributed by atoms with Crippen LogP contribution in [0.3, 0.4) is 0 Å². The van der Waals surface area contributed by atoms with Crippen molar-refractivity contribution in [3.8, 4) is 28.7 Å². The predicted molar refractivity (Wildman–Crippen MR) is 116 cm³/mol. The van der Waals surface area contributed by atoms with Gasteiger partial charge in [0.15, 0.2) is 23.0 Å². The summed E-state index contributed by atoms with van der Waals surface area (Å²) in [5.41, 5.74) is 0.840. The third-order valence-electron chi connectivity index (χ3n) is 5.52. The second kappa shape index (κ2) is 8.86. The molecule has 0 unspecified atom stereocenters. The van der Waals surface area contributed by atoms with E-state index in [0.29, 0.717) is 34.4 Å². The van der Waals surface area contributed by atoms with Crippen LogP contribution >= 0.6 is 0 Å². The Morgan fingerprint density at radius 2 is 1.59 bits per heavy atom. The van der Waals surface area contributed by atoms with Crippen molar-refractivity contribution in [1.82, 2.24) is 5.32 Å². The molecule has 0 saturated heterocycles. The fourth-order valence-corrected chi connectivity index (χ4v) is 3.97. The average Bonchev–Trinajstić information content (AvgIpc) is 3.41. The summed E-state index contributed by atoms with van der Waals surface area (Å²) in [6, 6.07) is 8.31. The predicted octanol–water partition coefficient (Wildman–Crippen LogP) is 3.12. The van der Waals surface area contributed by atoms with Crippen molar-refractivity contribution in [3.05, 3.63) is 35.9 Å². The molecule has 1 aliphatic heterocycles. The first-order chi connectivity index (χ1) is 15.5. The number of rotatable bonds is 7. The molecule has 0 atom stereocenters. The number of ether oxygens (including phenoxy) is 5. The Morgan fingerprint density at radius 3 is 2.22 bits per heavy atom. The van der Waals surface area contributed by atoms with Gasteiger partial charge in [0, 0.05) is 30.2 Å². The smallest absolute Gasteiger partial charge is 0.251 e. The summed E-state index contributed by atoms with van der Waals surface area (Å²) in [7, 11) is 4.41. The van der Waals surface area contributed by atoms with E-state index in [1.165, 1.54) is 33.5 Å². The Labute approximate surface area is 185 Å². The lowest BCUT2D eigenvalue weighted by Crippen LogP contribution is -2.34. The summed E-state index contributed by atoms with van der Waals surface area (Å²) in [5.74, 6) is 0.995. The third kappa shape index (κ3) is 4.23. The Hall–Kier alpha value is -3.62. The second-order valence-electron chi connectivity index (χ2n) is 7.63. The lowest BCUT2D eigenvalue weighted by molar-refractivity contribution is -0.115. The van der Waals surface area contributed by atoms with Crippen LogP contribution in [0.1, 0.15) is 36.0 Å². The zero-order chi connectivity index (χ0) is 22.7. The maximum Gasteiger partial charge on any atom is 0.251 e. The zero-order valence-corrected chi connectivity index (χ0v) is 18.3. The maximum atomic E-state index is 12.6. The molecule has 2 amide bonds. The van der Waals surface area contributed by atoms with Crippen molar-refractivity contribution in [2.24, 2.45) is 0 Å². The molecule has 2 aromatic carbocycles. The standard InChI is InChI=1S/C23H26N2O7/c1-28-18-10-14(11-19(29-2)21(18)30-3)22(27)24-13-20(26)25-15-6-7-16-17(12-15)32-23(31-16)8-4-5-9-23/h6-7,10-12H,4-5,8-9,13H2,1-3H3,(H,24,27)(H,25,26). The molecule has 1 spiro atoms. The molecular formula is C23H26N2O7. The summed E-state index contributed by atoms with van der Waals surface area (Å²) < 4.78 is 27.8. The highest BCUT2D eigenvalue weighted by Gasteiger charge is 2.44. The lowest BCUT2D eigenvalue weighted by atomic mass is 10.1. The van der Waals surface area contributed by atoms with Gasteiger partial charge in [0.25, 0.3) is 11.7 Å². The topological polar surface area (TPSA) is 104 Å². The summed E-state index contributed by atoms with van der Waals surface area (Å²) >= 11 is 0. The molecule has 2 N–H and O–H groups in total. The van der Waals surface area contributed by atoms with E-state index in [2.05, 4.69) is 10.6 Å². The Bertz CT molecular complexity index is 1010. The molecule has 170 valence electrons. The van der Waals surface area contributed by atoms with E-state index >= 15 is 0 Å². The van der Waals surface area contributed by atoms with Crippen LogP contribution in [-0.4, -0.2) is 45.5 Å². The molecule has 2 aliphatic rings. The number of carbonyl (C=O) groups is 2. The number of hydrogen-bond acceptors (Lipinski definition) is 7. The molecule has 1 heterocycles. The molecule has 1 fully saturated rings. The molecular weight excluding hydrogens is 416 g/mol. The summed E-state index contributed by atoms with van der Waals surface area (Å²) in [5, 5.41) is 5.35. The van der Waals surface area contributed by atoms with Crippen LogP contribution < -0.4 is 34.3 Å². The number of hydrogen-bond donors (Lipinski definition) is 2. The minimum Gasteiger partial charge on any atom is -0.493 e. The number of carbonyl (C=O) groups excluding carboxylic acids is 2. The van der Waals surface area contributed by atoms with Crippen LogP contribution in [0.5, 0.6) is 28.7 Å². The molecule has 1 saturated carbocycles. The van der Waals surface area contributed by atoms with Gasteiger partial charge in [-0.05, 0) is 37.1 Å². The highest BCUT2D eigenvalue weighted by atomic mass is 16.7. The third-order valence-corrected chi connectivity index (χ3v) is 5.52. The first-order valence-corrected chi connectivity index (χ1v) is 10.4. The van der Waals surface area contributed by atoms with Crippen molar-refractivity contribution < 1.29 is 33.3 Å². The van der Waals surface area contributed by atoms with E-state index in [9.17, 15) is 9.59 Å². The van der Waals surface area contributed by atoms with E-state index in [0.717, 1.165) is 25.7 Å². The Morgan fingerprint density at radius 1 is 0.938 bits per heavy atom. The largest absolute Gasteiger partial charge is 0.493 e. The van der Waals surface area contributed by atoms with Crippen LogP contribution in [0.15, 0.2) is 30.3 Å². The van der Waals surface area contributed by atoms with Crippen LogP contribution in [0.25, 0.3) is 0 Å². The van der Waals surface area contributed by atoms with Crippen molar-refractivity contribution in [3.63, 3.8) is 0 Å². The highest BCUT2D eigenvalue weighted by Crippen LogP contribution is 2.47. The quantitative estimate of drug-likeness (QED) is 0.679. The maximum absolute atomic E-state index is 12.6. The molecule has 4 rings (SSSR count). The Kier molecular flexibility index (Phi) is 5.98. The summed E-state index contributed by atoms with van der Waals surface area (Å²) in [6.45, 7) is -0.214. The van der Waals surface area contributed by atoms with E-state index in [-0.39, 0.29) is 18.0 Å². The van der Waals surface area contributed by atoms with Gasteiger partial charge in [0.05, 0.1) is 27.9 Å². The van der Waals surface area contributed by atoms with Crippen molar-refractivity contribution in [1.29, 1.82) is 0 Å². The van der Waals surface area contributed by atoms with E-state index in [1.54, 1.807) is 18.2 Å². The molecule has 32 heavy (non-hydrogen) atoms. The number of nitrogens with one attached hydrogen (secondary N) is 2. The van der Waals surface area contributed by atoms with E-state index < -0.39 is 11.7 Å². The van der Waals surface area contributed by atoms with Gasteiger partial charge in [-0.25, -0.2) is 0 Å². The van der Waals surface area contributed by atoms with Crippen LogP contribution in [-0.2, 0) is 4.79 Å². The van der Waals surface area contributed by atoms with Gasteiger partial charge < -0.3 is 34.3 Å². The molecule has 0 radical (unpaired) electrons. The summed E-state index contributed by atoms with van der Waals surface area (Å²) in [6.07, 6.45) is 3.86. The number of methoxy groups -OCH3 is 3. The average molecular weight is 442 g/mol. The summed E-state index contributed by atoms with van der Waals surface area (Å²) in [4.78, 5) is 24.9. The molecule has 2 aromatic rings. The Balaban J connectivity index is 1.36. The van der Waals surface area contributed by atoms with Crippen LogP contribution in [0.2, 0.25) is 0 Å². The zero-order valence-electron chi connectivity index (χ0n) is 18.3. The van der Waals surface area contributed by atoms with Crippen molar-refractivity contribution >= 4 is 17.5 Å². The molecule has 0 bridgehead atoms. The monoisotopic (exact) mass is 442 g/mol. The minimum absolute atomic E-state index is 0.214. The van der Waals surface area contributed by atoms with E-state index in [1.807, 2.05) is 0 Å². The fraction of sp³-hybridized carbons (Fsp3) is 0.391. The lowest BCUT2D eigenvalue weighted by Gasteiger charge is -2.21. The second-order valence-corrected chi connectivity index (χ2v) is 7.63. The number of benzene rings is 2. The minimum atomic E-state index is -0.556. The van der Waals surface area contributed by atoms with Crippen molar-refractivity contribution in [2.75, 3.05) is 33.2 Å². The van der Waals surface area contributed by atoms with Gasteiger partial charge in [-0.15, -0.1) is 0 Å². The van der Waals surface area contributed by atoms with Gasteiger partial charge >= 0.3 is 0 Å². The van der Waals surface area contributed by atoms with Crippen LogP contribution in [0.4, 0.5) is 5.69 Å². The fourth-order valence-electron chi connectivity index (χ4n) is 3.97. The van der Waals surface area contributed by atoms with Crippen LogP contribution in [0, 0.1) is 0 Å². The highest BCUT2D eigenvalue weighted by molar-refractivity contribution is 6.00. The van der Waals surface area contributed by atoms with Gasteiger partial charge in [-0.2, -0.15) is 0 Å². The van der Waals surface area contributed by atoms with Gasteiger partial charge in [-0.3, -0.25) is 9.59 Å². The molecule has 1 aliphatic carbocycles. The number of amides is 2. The molecule has 0 aromatic heterocycles. The van der Waals surface area contributed by atoms with Gasteiger partial charge in [0.2, 0.25) is 11.7 Å². The van der Waals surface area contributed by atoms with Gasteiger partial charge in [-0.1, -0.05) is 0 Å².